The molecule has 2 aromatic rings. The Morgan fingerprint density at radius 1 is 1.04 bits per heavy atom. The van der Waals surface area contributed by atoms with Gasteiger partial charge in [0.1, 0.15) is 0 Å². The summed E-state index contributed by atoms with van der Waals surface area (Å²) >= 11 is 0. The van der Waals surface area contributed by atoms with Crippen LogP contribution in [-0.2, 0) is 4.79 Å². The van der Waals surface area contributed by atoms with Crippen molar-refractivity contribution in [3.05, 3.63) is 71.3 Å². The van der Waals surface area contributed by atoms with Gasteiger partial charge < -0.3 is 10.6 Å². The number of benzene rings is 2. The molecule has 1 unspecified atom stereocenters. The lowest BCUT2D eigenvalue weighted by Crippen LogP contribution is -2.38. The lowest BCUT2D eigenvalue weighted by molar-refractivity contribution is -0.120. The number of carbonyl (C=O) groups excluding carboxylic acids is 2. The number of hydrogen-bond donors (Lipinski definition) is 2. The molecule has 2 rings (SSSR count). The number of halogens is 2. The lowest BCUT2D eigenvalue weighted by atomic mass is 10.1. The SMILES string of the molecule is CC(NC(=O)CNC(=O)c1ccc(F)c(F)c1)c1ccccc1. The van der Waals surface area contributed by atoms with Crippen molar-refractivity contribution in [2.45, 2.75) is 13.0 Å². The summed E-state index contributed by atoms with van der Waals surface area (Å²) in [5, 5.41) is 5.10. The molecule has 4 nitrogen and oxygen atoms in total. The minimum Gasteiger partial charge on any atom is -0.348 e. The minimum atomic E-state index is -1.11. The second-order valence-electron chi connectivity index (χ2n) is 5.01. The van der Waals surface area contributed by atoms with E-state index in [1.807, 2.05) is 37.3 Å². The molecule has 0 spiro atoms. The van der Waals surface area contributed by atoms with E-state index in [2.05, 4.69) is 10.6 Å². The van der Waals surface area contributed by atoms with Crippen LogP contribution >= 0.6 is 0 Å². The molecular formula is C17H16F2N2O2. The first-order chi connectivity index (χ1) is 11.0. The summed E-state index contributed by atoms with van der Waals surface area (Å²) in [5.41, 5.74) is 0.889. The number of carbonyl (C=O) groups is 2. The van der Waals surface area contributed by atoms with Crippen LogP contribution in [0.15, 0.2) is 48.5 Å². The Bertz CT molecular complexity index is 705. The average molecular weight is 318 g/mol. The Morgan fingerprint density at radius 3 is 2.39 bits per heavy atom. The van der Waals surface area contributed by atoms with Crippen LogP contribution in [0.25, 0.3) is 0 Å². The molecule has 0 aromatic heterocycles. The monoisotopic (exact) mass is 318 g/mol. The van der Waals surface area contributed by atoms with E-state index >= 15 is 0 Å². The van der Waals surface area contributed by atoms with Crippen molar-refractivity contribution in [1.82, 2.24) is 10.6 Å². The Balaban J connectivity index is 1.86. The molecule has 23 heavy (non-hydrogen) atoms. The molecule has 1 atom stereocenters. The highest BCUT2D eigenvalue weighted by Gasteiger charge is 2.13. The van der Waals surface area contributed by atoms with Gasteiger partial charge >= 0.3 is 0 Å². The fourth-order valence-corrected chi connectivity index (χ4v) is 2.02. The van der Waals surface area contributed by atoms with Crippen LogP contribution < -0.4 is 10.6 Å². The standard InChI is InChI=1S/C17H16F2N2O2/c1-11(12-5-3-2-4-6-12)21-16(22)10-20-17(23)13-7-8-14(18)15(19)9-13/h2-9,11H,10H2,1H3,(H,20,23)(H,21,22). The second-order valence-corrected chi connectivity index (χ2v) is 5.01. The van der Waals surface area contributed by atoms with E-state index in [0.717, 1.165) is 23.8 Å². The number of hydrogen-bond acceptors (Lipinski definition) is 2. The van der Waals surface area contributed by atoms with Crippen LogP contribution in [0.5, 0.6) is 0 Å². The molecule has 0 radical (unpaired) electrons. The Morgan fingerprint density at radius 2 is 1.74 bits per heavy atom. The van der Waals surface area contributed by atoms with Crippen molar-refractivity contribution in [1.29, 1.82) is 0 Å². The topological polar surface area (TPSA) is 58.2 Å². The lowest BCUT2D eigenvalue weighted by Gasteiger charge is -2.14. The summed E-state index contributed by atoms with van der Waals surface area (Å²) < 4.78 is 25.9. The van der Waals surface area contributed by atoms with Crippen molar-refractivity contribution in [2.75, 3.05) is 6.54 Å². The maximum absolute atomic E-state index is 13.1. The molecule has 2 N–H and O–H groups in total. The molecule has 0 aliphatic carbocycles. The van der Waals surface area contributed by atoms with E-state index in [4.69, 9.17) is 0 Å². The van der Waals surface area contributed by atoms with Gasteiger partial charge in [-0.05, 0) is 30.7 Å². The van der Waals surface area contributed by atoms with Gasteiger partial charge in [0.15, 0.2) is 11.6 Å². The van der Waals surface area contributed by atoms with Crippen LogP contribution in [-0.4, -0.2) is 18.4 Å². The number of rotatable bonds is 5. The van der Waals surface area contributed by atoms with Crippen LogP contribution in [0.4, 0.5) is 8.78 Å². The molecule has 0 aliphatic rings. The van der Waals surface area contributed by atoms with Crippen LogP contribution in [0, 0.1) is 11.6 Å². The molecule has 0 fully saturated rings. The molecule has 0 heterocycles. The van der Waals surface area contributed by atoms with Gasteiger partial charge in [0.25, 0.3) is 5.91 Å². The zero-order valence-electron chi connectivity index (χ0n) is 12.5. The van der Waals surface area contributed by atoms with Gasteiger partial charge in [-0.15, -0.1) is 0 Å². The normalized spacial score (nSPS) is 11.6. The summed E-state index contributed by atoms with van der Waals surface area (Å²) in [6, 6.07) is 12.0. The highest BCUT2D eigenvalue weighted by Crippen LogP contribution is 2.11. The van der Waals surface area contributed by atoms with Crippen molar-refractivity contribution in [3.63, 3.8) is 0 Å². The third-order valence-corrected chi connectivity index (χ3v) is 3.27. The van der Waals surface area contributed by atoms with Gasteiger partial charge in [-0.1, -0.05) is 30.3 Å². The second kappa shape index (κ2) is 7.49. The zero-order chi connectivity index (χ0) is 16.8. The smallest absolute Gasteiger partial charge is 0.251 e. The quantitative estimate of drug-likeness (QED) is 0.890. The Kier molecular flexibility index (Phi) is 5.41. The van der Waals surface area contributed by atoms with Gasteiger partial charge in [0.05, 0.1) is 12.6 Å². The van der Waals surface area contributed by atoms with Crippen LogP contribution in [0.3, 0.4) is 0 Å². The Labute approximate surface area is 132 Å². The zero-order valence-corrected chi connectivity index (χ0v) is 12.5. The fourth-order valence-electron chi connectivity index (χ4n) is 2.02. The summed E-state index contributed by atoms with van der Waals surface area (Å²) in [7, 11) is 0. The largest absolute Gasteiger partial charge is 0.348 e. The maximum Gasteiger partial charge on any atom is 0.251 e. The van der Waals surface area contributed by atoms with Crippen LogP contribution in [0.2, 0.25) is 0 Å². The molecule has 0 saturated carbocycles. The molecule has 2 aromatic carbocycles. The minimum absolute atomic E-state index is 0.0483. The molecule has 120 valence electrons. The molecular weight excluding hydrogens is 302 g/mol. The van der Waals surface area contributed by atoms with E-state index in [-0.39, 0.29) is 24.1 Å². The molecule has 6 heteroatoms. The van der Waals surface area contributed by atoms with Gasteiger partial charge in [-0.3, -0.25) is 9.59 Å². The molecule has 0 bridgehead atoms. The van der Waals surface area contributed by atoms with E-state index in [9.17, 15) is 18.4 Å². The third kappa shape index (κ3) is 4.60. The number of nitrogens with one attached hydrogen (secondary N) is 2. The van der Waals surface area contributed by atoms with Gasteiger partial charge in [-0.25, -0.2) is 8.78 Å². The van der Waals surface area contributed by atoms with E-state index in [1.165, 1.54) is 0 Å². The highest BCUT2D eigenvalue weighted by atomic mass is 19.2. The van der Waals surface area contributed by atoms with Crippen molar-refractivity contribution in [3.8, 4) is 0 Å². The van der Waals surface area contributed by atoms with E-state index in [1.54, 1.807) is 0 Å². The average Bonchev–Trinajstić information content (AvgIpc) is 2.56. The Hall–Kier alpha value is -2.76. The molecule has 2 amide bonds. The fraction of sp³-hybridized carbons (Fsp3) is 0.176. The first-order valence-corrected chi connectivity index (χ1v) is 7.05. The maximum atomic E-state index is 13.1. The first kappa shape index (κ1) is 16.6. The van der Waals surface area contributed by atoms with Crippen molar-refractivity contribution in [2.24, 2.45) is 0 Å². The van der Waals surface area contributed by atoms with E-state index in [0.29, 0.717) is 0 Å². The first-order valence-electron chi connectivity index (χ1n) is 7.05. The summed E-state index contributed by atoms with van der Waals surface area (Å²) in [6.45, 7) is 1.57. The van der Waals surface area contributed by atoms with Crippen molar-refractivity contribution >= 4 is 11.8 Å². The predicted octanol–water partition coefficient (Wildman–Crippen LogP) is 2.57. The van der Waals surface area contributed by atoms with Gasteiger partial charge in [0.2, 0.25) is 5.91 Å². The summed E-state index contributed by atoms with van der Waals surface area (Å²) in [5.74, 6) is -3.17. The molecule has 0 saturated heterocycles. The highest BCUT2D eigenvalue weighted by molar-refractivity contribution is 5.96. The summed E-state index contributed by atoms with van der Waals surface area (Å²) in [4.78, 5) is 23.6. The van der Waals surface area contributed by atoms with E-state index < -0.39 is 17.5 Å². The summed E-state index contributed by atoms with van der Waals surface area (Å²) in [6.07, 6.45) is 0. The number of amides is 2. The predicted molar refractivity (Wildman–Crippen MR) is 81.7 cm³/mol. The molecule has 0 aliphatic heterocycles. The van der Waals surface area contributed by atoms with Gasteiger partial charge in [-0.2, -0.15) is 0 Å². The van der Waals surface area contributed by atoms with Crippen molar-refractivity contribution < 1.29 is 18.4 Å². The third-order valence-electron chi connectivity index (χ3n) is 3.27. The van der Waals surface area contributed by atoms with Crippen LogP contribution in [0.1, 0.15) is 28.9 Å². The van der Waals surface area contributed by atoms with Gasteiger partial charge in [0, 0.05) is 5.56 Å².